The molecule has 0 spiro atoms. The van der Waals surface area contributed by atoms with Crippen LogP contribution in [-0.2, 0) is 10.2 Å². The molecule has 0 radical (unpaired) electrons. The van der Waals surface area contributed by atoms with Crippen molar-refractivity contribution in [2.45, 2.75) is 39.0 Å². The first-order valence-corrected chi connectivity index (χ1v) is 7.78. The molecule has 0 saturated carbocycles. The first-order valence-electron chi connectivity index (χ1n) is 7.78. The van der Waals surface area contributed by atoms with Gasteiger partial charge in [-0.1, -0.05) is 32.0 Å². The predicted molar refractivity (Wildman–Crippen MR) is 93.5 cm³/mol. The zero-order valence-electron chi connectivity index (χ0n) is 14.4. The Balaban J connectivity index is 2.66. The fourth-order valence-electron chi connectivity index (χ4n) is 3.25. The molecule has 2 rings (SSSR count). The van der Waals surface area contributed by atoms with Gasteiger partial charge in [-0.15, -0.1) is 0 Å². The van der Waals surface area contributed by atoms with E-state index < -0.39 is 0 Å². The van der Waals surface area contributed by atoms with Crippen molar-refractivity contribution < 1.29 is 4.79 Å². The summed E-state index contributed by atoms with van der Waals surface area (Å²) in [6, 6.07) is 11.7. The molecule has 1 aliphatic heterocycles. The van der Waals surface area contributed by atoms with E-state index in [4.69, 9.17) is 10.5 Å². The second-order valence-corrected chi connectivity index (χ2v) is 6.38. The van der Waals surface area contributed by atoms with Gasteiger partial charge in [0.2, 0.25) is 5.71 Å². The summed E-state index contributed by atoms with van der Waals surface area (Å²) < 4.78 is 0. The molecule has 0 atom stereocenters. The van der Waals surface area contributed by atoms with E-state index in [9.17, 15) is 4.79 Å². The van der Waals surface area contributed by atoms with E-state index in [-0.39, 0.29) is 16.9 Å². The smallest absolute Gasteiger partial charge is 0.218 e. The highest BCUT2D eigenvalue weighted by Gasteiger charge is 2.40. The van der Waals surface area contributed by atoms with Crippen LogP contribution < -0.4 is 4.90 Å². The van der Waals surface area contributed by atoms with Crippen molar-refractivity contribution in [2.75, 3.05) is 11.9 Å². The molecule has 0 unspecified atom stereocenters. The molecule has 0 N–H and O–H groups in total. The van der Waals surface area contributed by atoms with Crippen LogP contribution in [0.5, 0.6) is 0 Å². The number of nitrogens with zero attached hydrogens (tertiary/aromatic N) is 4. The van der Waals surface area contributed by atoms with E-state index in [1.807, 2.05) is 42.3 Å². The van der Waals surface area contributed by atoms with Gasteiger partial charge in [0.05, 0.1) is 5.70 Å². The standard InChI is InChI=1S/C19H20N4O/c1-13(24)9-10-16(22-14(11-20)12-21)18-19(2,3)15-7-5-6-8-17(15)23(18)4/h5-8H,9-10H2,1-4H3/b18-16+. The monoisotopic (exact) mass is 320 g/mol. The number of hydrogen-bond donors (Lipinski definition) is 0. The van der Waals surface area contributed by atoms with E-state index in [1.165, 1.54) is 6.92 Å². The Morgan fingerprint density at radius 2 is 1.83 bits per heavy atom. The molecule has 0 fully saturated rings. The van der Waals surface area contributed by atoms with Crippen molar-refractivity contribution >= 4 is 17.2 Å². The molecule has 24 heavy (non-hydrogen) atoms. The number of nitriles is 2. The first kappa shape index (κ1) is 17.4. The number of Topliss-reactive ketones (excluding diaryl/α,β-unsaturated/α-hetero) is 1. The van der Waals surface area contributed by atoms with Gasteiger partial charge in [-0.25, -0.2) is 4.99 Å². The van der Waals surface area contributed by atoms with Crippen LogP contribution in [0.25, 0.3) is 0 Å². The number of benzene rings is 1. The van der Waals surface area contributed by atoms with Gasteiger partial charge in [0.25, 0.3) is 0 Å². The van der Waals surface area contributed by atoms with Gasteiger partial charge in [0.1, 0.15) is 17.9 Å². The second-order valence-electron chi connectivity index (χ2n) is 6.38. The summed E-state index contributed by atoms with van der Waals surface area (Å²) in [6.07, 6.45) is 0.728. The van der Waals surface area contributed by atoms with Crippen LogP contribution in [0.15, 0.2) is 40.7 Å². The molecule has 1 heterocycles. The van der Waals surface area contributed by atoms with Gasteiger partial charge in [0, 0.05) is 30.3 Å². The largest absolute Gasteiger partial charge is 0.346 e. The number of hydrogen-bond acceptors (Lipinski definition) is 5. The lowest BCUT2D eigenvalue weighted by Gasteiger charge is -2.26. The fourth-order valence-corrected chi connectivity index (χ4v) is 3.25. The summed E-state index contributed by atoms with van der Waals surface area (Å²) in [5, 5.41) is 18.1. The van der Waals surface area contributed by atoms with Gasteiger partial charge in [-0.05, 0) is 25.0 Å². The Hall–Kier alpha value is -2.92. The number of anilines is 1. The maximum absolute atomic E-state index is 11.4. The van der Waals surface area contributed by atoms with Crippen LogP contribution in [0.4, 0.5) is 5.69 Å². The average Bonchev–Trinajstić information content (AvgIpc) is 2.75. The molecule has 122 valence electrons. The van der Waals surface area contributed by atoms with Gasteiger partial charge in [0.15, 0.2) is 0 Å². The van der Waals surface area contributed by atoms with Gasteiger partial charge >= 0.3 is 0 Å². The lowest BCUT2D eigenvalue weighted by Crippen LogP contribution is -2.25. The molecule has 1 aromatic carbocycles. The van der Waals surface area contributed by atoms with Crippen LogP contribution >= 0.6 is 0 Å². The lowest BCUT2D eigenvalue weighted by atomic mass is 9.82. The van der Waals surface area contributed by atoms with Crippen molar-refractivity contribution in [3.05, 3.63) is 41.2 Å². The Kier molecular flexibility index (Phi) is 4.85. The summed E-state index contributed by atoms with van der Waals surface area (Å²) in [5.74, 6) is 0.0507. The second kappa shape index (κ2) is 6.68. The maximum Gasteiger partial charge on any atom is 0.218 e. The minimum atomic E-state index is -0.322. The lowest BCUT2D eigenvalue weighted by molar-refractivity contribution is -0.116. The normalized spacial score (nSPS) is 16.7. The third-order valence-corrected chi connectivity index (χ3v) is 4.31. The summed E-state index contributed by atoms with van der Waals surface area (Å²) in [6.45, 7) is 5.71. The molecule has 0 bridgehead atoms. The Morgan fingerprint density at radius 1 is 1.21 bits per heavy atom. The number of ketones is 1. The Morgan fingerprint density at radius 3 is 2.38 bits per heavy atom. The topological polar surface area (TPSA) is 80.2 Å². The predicted octanol–water partition coefficient (Wildman–Crippen LogP) is 3.48. The minimum absolute atomic E-state index is 0.0507. The van der Waals surface area contributed by atoms with Crippen molar-refractivity contribution in [2.24, 2.45) is 4.99 Å². The molecule has 0 aliphatic carbocycles. The number of fused-ring (bicyclic) bond motifs is 1. The maximum atomic E-state index is 11.4. The Labute approximate surface area is 142 Å². The molecular weight excluding hydrogens is 300 g/mol. The molecule has 1 aliphatic rings. The van der Waals surface area contributed by atoms with E-state index in [0.717, 1.165) is 16.9 Å². The summed E-state index contributed by atoms with van der Waals surface area (Å²) in [5.41, 5.74) is 3.26. The fraction of sp³-hybridized carbons (Fsp3) is 0.368. The van der Waals surface area contributed by atoms with Crippen molar-refractivity contribution in [1.82, 2.24) is 0 Å². The molecule has 0 saturated heterocycles. The van der Waals surface area contributed by atoms with E-state index >= 15 is 0 Å². The van der Waals surface area contributed by atoms with E-state index in [0.29, 0.717) is 18.5 Å². The van der Waals surface area contributed by atoms with Crippen LogP contribution in [0.1, 0.15) is 39.2 Å². The van der Waals surface area contributed by atoms with Gasteiger partial charge in [-0.2, -0.15) is 10.5 Å². The number of allylic oxidation sites excluding steroid dienone is 2. The average molecular weight is 320 g/mol. The SMILES string of the molecule is CC(=O)CC/C(N=C(C#N)C#N)=C1\N(C)c2ccccc2C1(C)C. The van der Waals surface area contributed by atoms with Crippen LogP contribution in [0.2, 0.25) is 0 Å². The third kappa shape index (κ3) is 3.07. The zero-order valence-corrected chi connectivity index (χ0v) is 14.4. The third-order valence-electron chi connectivity index (χ3n) is 4.31. The number of likely N-dealkylation sites (N-methyl/N-ethyl adjacent to an activating group) is 1. The number of para-hydroxylation sites is 1. The first-order chi connectivity index (χ1) is 11.3. The number of rotatable bonds is 4. The van der Waals surface area contributed by atoms with Gasteiger partial charge < -0.3 is 9.69 Å². The van der Waals surface area contributed by atoms with Crippen molar-refractivity contribution in [1.29, 1.82) is 10.5 Å². The number of aliphatic imine (C=N–C) groups is 1. The quantitative estimate of drug-likeness (QED) is 0.795. The number of carbonyl (C=O) groups is 1. The molecule has 0 amide bonds. The number of carbonyl (C=O) groups excluding carboxylic acids is 1. The molecule has 5 heteroatoms. The van der Waals surface area contributed by atoms with Crippen LogP contribution in [0, 0.1) is 22.7 Å². The highest BCUT2D eigenvalue weighted by atomic mass is 16.1. The minimum Gasteiger partial charge on any atom is -0.346 e. The molecule has 1 aromatic rings. The molecule has 5 nitrogen and oxygen atoms in total. The van der Waals surface area contributed by atoms with Crippen molar-refractivity contribution in [3.8, 4) is 12.1 Å². The highest BCUT2D eigenvalue weighted by molar-refractivity contribution is 6.10. The van der Waals surface area contributed by atoms with E-state index in [2.05, 4.69) is 24.9 Å². The summed E-state index contributed by atoms with van der Waals surface area (Å²) in [7, 11) is 1.95. The highest BCUT2D eigenvalue weighted by Crippen LogP contribution is 2.48. The molecular formula is C19H20N4O. The molecule has 0 aromatic heterocycles. The van der Waals surface area contributed by atoms with E-state index in [1.54, 1.807) is 0 Å². The van der Waals surface area contributed by atoms with Crippen LogP contribution in [-0.4, -0.2) is 18.5 Å². The summed E-state index contributed by atoms with van der Waals surface area (Å²) >= 11 is 0. The zero-order chi connectivity index (χ0) is 17.9. The Bertz CT molecular complexity index is 803. The van der Waals surface area contributed by atoms with Crippen LogP contribution in [0.3, 0.4) is 0 Å². The summed E-state index contributed by atoms with van der Waals surface area (Å²) in [4.78, 5) is 17.8. The van der Waals surface area contributed by atoms with Crippen molar-refractivity contribution in [3.63, 3.8) is 0 Å². The van der Waals surface area contributed by atoms with Gasteiger partial charge in [-0.3, -0.25) is 0 Å².